The summed E-state index contributed by atoms with van der Waals surface area (Å²) in [5, 5.41) is 4.18. The van der Waals surface area contributed by atoms with Gasteiger partial charge in [0.1, 0.15) is 4.90 Å². The van der Waals surface area contributed by atoms with E-state index in [1.807, 2.05) is 0 Å². The van der Waals surface area contributed by atoms with Gasteiger partial charge >= 0.3 is 0 Å². The van der Waals surface area contributed by atoms with Crippen LogP contribution in [0.2, 0.25) is 0 Å². The Morgan fingerprint density at radius 3 is 2.25 bits per heavy atom. The molecule has 0 saturated heterocycles. The second-order valence-electron chi connectivity index (χ2n) is 3.22. The zero-order chi connectivity index (χ0) is 11.8. The van der Waals surface area contributed by atoms with Crippen molar-refractivity contribution in [2.45, 2.75) is 4.90 Å². The molecule has 0 aliphatic rings. The summed E-state index contributed by atoms with van der Waals surface area (Å²) in [6, 6.07) is 9.21. The van der Waals surface area contributed by atoms with Crippen LogP contribution in [0, 0.1) is 5.53 Å². The van der Waals surface area contributed by atoms with Gasteiger partial charge in [-0.05, 0) is 12.1 Å². The van der Waals surface area contributed by atoms with Gasteiger partial charge in [-0.15, -0.1) is 0 Å². The normalized spacial score (nSPS) is 11.6. The summed E-state index contributed by atoms with van der Waals surface area (Å²) in [4.78, 5) is -0.171. The first-order valence-electron chi connectivity index (χ1n) is 4.41. The van der Waals surface area contributed by atoms with Crippen LogP contribution in [0.25, 0.3) is 10.8 Å². The minimum atomic E-state index is -4.26. The molecule has 0 unspecified atom stereocenters. The van der Waals surface area contributed by atoms with E-state index in [2.05, 4.69) is 5.11 Å². The Balaban J connectivity index is 2.96. The molecule has 0 saturated carbocycles. The Bertz CT molecular complexity index is 665. The van der Waals surface area contributed by atoms with Crippen molar-refractivity contribution in [1.82, 2.24) is 0 Å². The minimum Gasteiger partial charge on any atom is -0.282 e. The summed E-state index contributed by atoms with van der Waals surface area (Å²) in [6.45, 7) is 0. The fraction of sp³-hybridized carbons (Fsp3) is 0. The predicted molar refractivity (Wildman–Crippen MR) is 58.6 cm³/mol. The Morgan fingerprint density at radius 2 is 1.69 bits per heavy atom. The van der Waals surface area contributed by atoms with Crippen molar-refractivity contribution in [3.05, 3.63) is 36.4 Å². The van der Waals surface area contributed by atoms with Gasteiger partial charge in [0, 0.05) is 10.8 Å². The molecule has 0 spiro atoms. The molecule has 16 heavy (non-hydrogen) atoms. The van der Waals surface area contributed by atoms with Crippen molar-refractivity contribution in [2.75, 3.05) is 0 Å². The van der Waals surface area contributed by atoms with E-state index in [4.69, 9.17) is 10.1 Å². The molecule has 0 aromatic heterocycles. The summed E-state index contributed by atoms with van der Waals surface area (Å²) in [7, 11) is -4.26. The number of nitrogens with zero attached hydrogens (tertiary/aromatic N) is 1. The van der Waals surface area contributed by atoms with Crippen molar-refractivity contribution in [1.29, 1.82) is 5.53 Å². The number of benzene rings is 2. The van der Waals surface area contributed by atoms with Crippen LogP contribution in [0.3, 0.4) is 0 Å². The molecular weight excluding hydrogens is 228 g/mol. The maximum Gasteiger partial charge on any atom is 0.295 e. The van der Waals surface area contributed by atoms with Crippen molar-refractivity contribution >= 4 is 26.6 Å². The second kappa shape index (κ2) is 3.66. The Morgan fingerprint density at radius 1 is 1.06 bits per heavy atom. The average Bonchev–Trinajstić information content (AvgIpc) is 2.26. The summed E-state index contributed by atoms with van der Waals surface area (Å²) in [6.07, 6.45) is 0. The van der Waals surface area contributed by atoms with Gasteiger partial charge in [0.25, 0.3) is 10.1 Å². The van der Waals surface area contributed by atoms with Crippen LogP contribution >= 0.6 is 0 Å². The number of hydrogen-bond donors (Lipinski definition) is 2. The van der Waals surface area contributed by atoms with Gasteiger partial charge in [-0.1, -0.05) is 24.3 Å². The Kier molecular flexibility index (Phi) is 2.45. The third kappa shape index (κ3) is 1.68. The quantitative estimate of drug-likeness (QED) is 0.620. The number of hydrogen-bond acceptors (Lipinski definition) is 4. The molecule has 82 valence electrons. The van der Waals surface area contributed by atoms with E-state index < -0.39 is 10.1 Å². The standard InChI is InChI=1S/C10H8N2O3S/c11-12-9-5-6-10(16(13,14)15)8-4-2-1-3-7(8)9/h1-6,11H,(H,13,14,15). The Labute approximate surface area is 92.0 Å². The molecule has 0 fully saturated rings. The first-order valence-corrected chi connectivity index (χ1v) is 5.85. The van der Waals surface area contributed by atoms with Crippen molar-refractivity contribution in [2.24, 2.45) is 5.11 Å². The third-order valence-corrected chi connectivity index (χ3v) is 3.17. The molecule has 2 aromatic carbocycles. The lowest BCUT2D eigenvalue weighted by atomic mass is 10.1. The fourth-order valence-electron chi connectivity index (χ4n) is 1.58. The first kappa shape index (κ1) is 10.7. The summed E-state index contributed by atoms with van der Waals surface area (Å²) >= 11 is 0. The molecule has 2 aromatic rings. The zero-order valence-corrected chi connectivity index (χ0v) is 8.90. The smallest absolute Gasteiger partial charge is 0.282 e. The predicted octanol–water partition coefficient (Wildman–Crippen LogP) is 2.75. The van der Waals surface area contributed by atoms with Crippen LogP contribution in [-0.2, 0) is 10.1 Å². The van der Waals surface area contributed by atoms with Gasteiger partial charge in [0.2, 0.25) is 0 Å². The molecule has 2 rings (SSSR count). The summed E-state index contributed by atoms with van der Waals surface area (Å²) in [5.41, 5.74) is 7.33. The molecule has 0 atom stereocenters. The van der Waals surface area contributed by atoms with Crippen LogP contribution in [0.4, 0.5) is 5.69 Å². The highest BCUT2D eigenvalue weighted by Gasteiger charge is 2.15. The van der Waals surface area contributed by atoms with Gasteiger partial charge in [-0.2, -0.15) is 13.5 Å². The molecule has 0 aliphatic carbocycles. The van der Waals surface area contributed by atoms with E-state index in [1.165, 1.54) is 12.1 Å². The van der Waals surface area contributed by atoms with E-state index in [0.717, 1.165) is 0 Å². The highest BCUT2D eigenvalue weighted by atomic mass is 32.2. The van der Waals surface area contributed by atoms with Crippen LogP contribution in [0.5, 0.6) is 0 Å². The van der Waals surface area contributed by atoms with E-state index in [9.17, 15) is 8.42 Å². The minimum absolute atomic E-state index is 0.171. The van der Waals surface area contributed by atoms with E-state index in [1.54, 1.807) is 24.3 Å². The molecule has 2 N–H and O–H groups in total. The molecular formula is C10H8N2O3S. The zero-order valence-electron chi connectivity index (χ0n) is 8.08. The van der Waals surface area contributed by atoms with Gasteiger partial charge in [0.05, 0.1) is 5.69 Å². The van der Waals surface area contributed by atoms with Gasteiger partial charge in [-0.25, -0.2) is 5.53 Å². The number of fused-ring (bicyclic) bond motifs is 1. The van der Waals surface area contributed by atoms with Gasteiger partial charge in [-0.3, -0.25) is 4.55 Å². The van der Waals surface area contributed by atoms with Crippen LogP contribution in [-0.4, -0.2) is 13.0 Å². The molecule has 0 radical (unpaired) electrons. The third-order valence-electron chi connectivity index (χ3n) is 2.26. The highest BCUT2D eigenvalue weighted by molar-refractivity contribution is 7.86. The second-order valence-corrected chi connectivity index (χ2v) is 4.61. The largest absolute Gasteiger partial charge is 0.295 e. The fourth-order valence-corrected chi connectivity index (χ4v) is 2.27. The van der Waals surface area contributed by atoms with Gasteiger partial charge < -0.3 is 0 Å². The van der Waals surface area contributed by atoms with Crippen LogP contribution < -0.4 is 0 Å². The number of nitrogens with one attached hydrogen (secondary N) is 1. The van der Waals surface area contributed by atoms with Crippen LogP contribution in [0.15, 0.2) is 46.4 Å². The summed E-state index contributed by atoms with van der Waals surface area (Å²) in [5.74, 6) is 0. The topological polar surface area (TPSA) is 90.6 Å². The molecule has 0 aliphatic heterocycles. The van der Waals surface area contributed by atoms with E-state index in [0.29, 0.717) is 16.5 Å². The lowest BCUT2D eigenvalue weighted by molar-refractivity contribution is 0.484. The highest BCUT2D eigenvalue weighted by Crippen LogP contribution is 2.30. The molecule has 0 bridgehead atoms. The average molecular weight is 236 g/mol. The summed E-state index contributed by atoms with van der Waals surface area (Å²) < 4.78 is 31.3. The van der Waals surface area contributed by atoms with E-state index in [-0.39, 0.29) is 4.90 Å². The molecule has 0 heterocycles. The van der Waals surface area contributed by atoms with Crippen molar-refractivity contribution in [3.8, 4) is 0 Å². The lowest BCUT2D eigenvalue weighted by Gasteiger charge is -2.05. The molecule has 5 nitrogen and oxygen atoms in total. The SMILES string of the molecule is N=Nc1ccc(S(=O)(=O)O)c2ccccc12. The van der Waals surface area contributed by atoms with E-state index >= 15 is 0 Å². The maximum absolute atomic E-state index is 11.1. The monoisotopic (exact) mass is 236 g/mol. The molecule has 6 heteroatoms. The lowest BCUT2D eigenvalue weighted by Crippen LogP contribution is -1.98. The Hall–Kier alpha value is -1.79. The van der Waals surface area contributed by atoms with Crippen molar-refractivity contribution in [3.63, 3.8) is 0 Å². The van der Waals surface area contributed by atoms with Gasteiger partial charge in [0.15, 0.2) is 0 Å². The van der Waals surface area contributed by atoms with Crippen molar-refractivity contribution < 1.29 is 13.0 Å². The maximum atomic E-state index is 11.1. The number of rotatable bonds is 2. The van der Waals surface area contributed by atoms with Crippen LogP contribution in [0.1, 0.15) is 0 Å². The first-order chi connectivity index (χ1) is 7.54. The molecule has 0 amide bonds.